The molecule has 0 aliphatic rings. The molecule has 75 heavy (non-hydrogen) atoms. The van der Waals surface area contributed by atoms with Crippen LogP contribution in [0.15, 0.2) is 268 Å². The zero-order chi connectivity index (χ0) is 51.2. The number of aromatic nitrogens is 4. The molecule has 10 aromatic rings. The van der Waals surface area contributed by atoms with E-state index in [-0.39, 0.29) is 50.3 Å². The van der Waals surface area contributed by atoms with Gasteiger partial charge in [0.1, 0.15) is 0 Å². The van der Waals surface area contributed by atoms with Crippen LogP contribution in [-0.2, 0) is 17.1 Å². The van der Waals surface area contributed by atoms with Crippen molar-refractivity contribution in [2.24, 2.45) is 0 Å². The van der Waals surface area contributed by atoms with Gasteiger partial charge in [0.15, 0.2) is 0 Å². The molecule has 10 rings (SSSR count). The van der Waals surface area contributed by atoms with E-state index in [1.54, 1.807) is 147 Å². The molecule has 6 N–H and O–H groups in total. The van der Waals surface area contributed by atoms with Gasteiger partial charge in [-0.25, -0.2) is 9.59 Å². The topological polar surface area (TPSA) is 269 Å². The number of benzene rings is 6. The third kappa shape index (κ3) is 20.5. The maximum absolute atomic E-state index is 11.9. The average molecular weight is 1050 g/mol. The third-order valence-corrected chi connectivity index (χ3v) is 9.78. The second-order valence-corrected chi connectivity index (χ2v) is 14.6. The van der Waals surface area contributed by atoms with E-state index >= 15 is 0 Å². The van der Waals surface area contributed by atoms with Crippen LogP contribution in [0.25, 0.3) is 44.5 Å². The zero-order valence-corrected chi connectivity index (χ0v) is 40.8. The van der Waals surface area contributed by atoms with Crippen LogP contribution in [0.4, 0.5) is 0 Å². The summed E-state index contributed by atoms with van der Waals surface area (Å²) in [4.78, 5) is 61.7. The van der Waals surface area contributed by atoms with Crippen molar-refractivity contribution in [2.75, 3.05) is 0 Å². The van der Waals surface area contributed by atoms with Crippen LogP contribution in [0, 0.1) is 0 Å². The standard InChI is InChI=1S/2C20H14O4.4C5H5N.Cu.2H2O/c2*21-19(22)15-11-16(13-7-3-1-4-8-13)18(20(23)24)17(12-15)14-9-5-2-6-10-14;4*1-2-4-6-5-3-1;;;/h2*1-12H,(H,21,22)(H,23,24);4*1-5H;;2*1H2/q;;;;;;+2;;/p-2. The quantitative estimate of drug-likeness (QED) is 0.135. The summed E-state index contributed by atoms with van der Waals surface area (Å²) in [6, 6.07) is 63.6. The van der Waals surface area contributed by atoms with Crippen molar-refractivity contribution in [2.45, 2.75) is 0 Å². The summed E-state index contributed by atoms with van der Waals surface area (Å²) < 4.78 is 0. The van der Waals surface area contributed by atoms with Crippen LogP contribution in [0.1, 0.15) is 41.4 Å². The maximum Gasteiger partial charge on any atom is 2.00 e. The number of rotatable bonds is 8. The number of carbonyl (C=O) groups is 4. The minimum atomic E-state index is -1.35. The van der Waals surface area contributed by atoms with Gasteiger partial charge in [-0.1, -0.05) is 146 Å². The molecule has 0 bridgehead atoms. The molecule has 0 fully saturated rings. The van der Waals surface area contributed by atoms with E-state index in [1.807, 2.05) is 97.1 Å². The minimum Gasteiger partial charge on any atom is -0.545 e. The number of nitrogens with zero attached hydrogens (tertiary/aromatic N) is 4. The molecule has 0 aliphatic heterocycles. The first-order chi connectivity index (χ1) is 35.2. The van der Waals surface area contributed by atoms with Crippen molar-refractivity contribution in [3.8, 4) is 44.5 Å². The summed E-state index contributed by atoms with van der Waals surface area (Å²) in [6.07, 6.45) is 14.0. The summed E-state index contributed by atoms with van der Waals surface area (Å²) in [5, 5.41) is 42.3. The monoisotopic (exact) mass is 1050 g/mol. The Labute approximate surface area is 444 Å². The molecule has 0 atom stereocenters. The molecular weight excluding hydrogens is 1000 g/mol. The van der Waals surface area contributed by atoms with Crippen molar-refractivity contribution in [1.82, 2.24) is 19.9 Å². The van der Waals surface area contributed by atoms with Crippen molar-refractivity contribution in [3.05, 3.63) is 290 Å². The van der Waals surface area contributed by atoms with Crippen molar-refractivity contribution >= 4 is 23.9 Å². The predicted molar refractivity (Wildman–Crippen MR) is 281 cm³/mol. The first-order valence-electron chi connectivity index (χ1n) is 22.0. The summed E-state index contributed by atoms with van der Waals surface area (Å²) in [6.45, 7) is 0. The summed E-state index contributed by atoms with van der Waals surface area (Å²) in [7, 11) is 0. The molecular formula is C60H50CuN4O10. The first kappa shape index (κ1) is 61.4. The number of hydrogen-bond acceptors (Lipinski definition) is 10. The van der Waals surface area contributed by atoms with Crippen LogP contribution in [0.2, 0.25) is 0 Å². The summed E-state index contributed by atoms with van der Waals surface area (Å²) >= 11 is 0. The second kappa shape index (κ2) is 34.5. The second-order valence-electron chi connectivity index (χ2n) is 14.6. The summed E-state index contributed by atoms with van der Waals surface area (Å²) in [5.74, 6) is -4.92. The first-order valence-corrected chi connectivity index (χ1v) is 22.0. The van der Waals surface area contributed by atoms with Gasteiger partial charge in [-0.3, -0.25) is 19.9 Å². The zero-order valence-electron chi connectivity index (χ0n) is 39.8. The van der Waals surface area contributed by atoms with E-state index in [0.29, 0.717) is 44.5 Å². The third-order valence-electron chi connectivity index (χ3n) is 9.78. The Hall–Kier alpha value is -9.76. The Morgan fingerprint density at radius 2 is 0.480 bits per heavy atom. The normalized spacial score (nSPS) is 9.17. The van der Waals surface area contributed by atoms with Gasteiger partial charge < -0.3 is 41.0 Å². The van der Waals surface area contributed by atoms with Crippen LogP contribution in [-0.4, -0.2) is 65.0 Å². The van der Waals surface area contributed by atoms with Gasteiger partial charge in [-0.2, -0.15) is 0 Å². The fourth-order valence-electron chi connectivity index (χ4n) is 6.61. The predicted octanol–water partition coefficient (Wildman–Crippen LogP) is 8.84. The van der Waals surface area contributed by atoms with E-state index < -0.39 is 23.9 Å². The number of carboxylic acids is 4. The minimum absolute atomic E-state index is 0. The summed E-state index contributed by atoms with van der Waals surface area (Å²) in [5.41, 5.74) is 3.96. The van der Waals surface area contributed by atoms with Crippen LogP contribution >= 0.6 is 0 Å². The molecule has 6 aromatic carbocycles. The molecule has 1 radical (unpaired) electrons. The molecule has 0 saturated carbocycles. The molecule has 381 valence electrons. The molecule has 4 heterocycles. The van der Waals surface area contributed by atoms with Crippen LogP contribution in [0.5, 0.6) is 0 Å². The van der Waals surface area contributed by atoms with E-state index in [9.17, 15) is 39.6 Å². The van der Waals surface area contributed by atoms with Crippen molar-refractivity contribution < 1.29 is 67.6 Å². The Balaban J connectivity index is 0.000000346. The number of hydrogen-bond donors (Lipinski definition) is 2. The smallest absolute Gasteiger partial charge is 0.545 e. The fraction of sp³-hybridized carbons (Fsp3) is 0. The van der Waals surface area contributed by atoms with Gasteiger partial charge in [0.25, 0.3) is 0 Å². The van der Waals surface area contributed by atoms with E-state index in [4.69, 9.17) is 0 Å². The van der Waals surface area contributed by atoms with Gasteiger partial charge in [0.2, 0.25) is 0 Å². The number of aromatic carboxylic acids is 4. The van der Waals surface area contributed by atoms with Gasteiger partial charge >= 0.3 is 29.0 Å². The van der Waals surface area contributed by atoms with Gasteiger partial charge in [-0.05, 0) is 128 Å². The van der Waals surface area contributed by atoms with Crippen LogP contribution in [0.3, 0.4) is 0 Å². The van der Waals surface area contributed by atoms with E-state index in [1.165, 1.54) is 24.3 Å². The van der Waals surface area contributed by atoms with E-state index in [2.05, 4.69) is 19.9 Å². The van der Waals surface area contributed by atoms with Gasteiger partial charge in [-0.15, -0.1) is 0 Å². The van der Waals surface area contributed by atoms with Crippen molar-refractivity contribution in [3.63, 3.8) is 0 Å². The molecule has 14 nitrogen and oxygen atoms in total. The number of carbonyl (C=O) groups excluding carboxylic acids is 2. The van der Waals surface area contributed by atoms with Crippen molar-refractivity contribution in [1.29, 1.82) is 0 Å². The van der Waals surface area contributed by atoms with Gasteiger partial charge in [0.05, 0.1) is 23.1 Å². The molecule has 0 unspecified atom stereocenters. The molecule has 0 saturated heterocycles. The Morgan fingerprint density at radius 1 is 0.307 bits per heavy atom. The number of carboxylic acid groups (broad SMARTS) is 4. The molecule has 0 aliphatic carbocycles. The largest absolute Gasteiger partial charge is 2.00 e. The maximum atomic E-state index is 11.9. The average Bonchev–Trinajstić information content (AvgIpc) is 3.46. The van der Waals surface area contributed by atoms with E-state index in [0.717, 1.165) is 0 Å². The Morgan fingerprint density at radius 3 is 0.600 bits per heavy atom. The van der Waals surface area contributed by atoms with Gasteiger partial charge in [0, 0.05) is 49.6 Å². The molecule has 0 amide bonds. The fourth-order valence-corrected chi connectivity index (χ4v) is 6.61. The number of pyridine rings is 4. The Bertz CT molecular complexity index is 2660. The van der Waals surface area contributed by atoms with Crippen LogP contribution < -0.4 is 10.2 Å². The molecule has 0 spiro atoms. The Kier molecular flexibility index (Phi) is 28.3. The SMILES string of the molecule is O.O.O=C([O-])c1cc(-c2ccccc2)c(C(=O)O)c(-c2ccccc2)c1.O=C([O-])c1cc(-c2ccccc2)c(C(=O)O)c(-c2ccccc2)c1.[Cu+2].c1ccncc1.c1ccncc1.c1ccncc1.c1ccncc1. The molecule has 4 aromatic heterocycles. The molecule has 15 heteroatoms.